The number of hydrogen-bond donors (Lipinski definition) is 1. The first-order chi connectivity index (χ1) is 7.60. The van der Waals surface area contributed by atoms with Crippen molar-refractivity contribution < 1.29 is 0 Å². The zero-order valence-electron chi connectivity index (χ0n) is 11.2. The largest absolute Gasteiger partial charge is 0.329 e. The van der Waals surface area contributed by atoms with Crippen molar-refractivity contribution >= 4 is 0 Å². The summed E-state index contributed by atoms with van der Waals surface area (Å²) in [6, 6.07) is 0. The van der Waals surface area contributed by atoms with Crippen molar-refractivity contribution in [3.05, 3.63) is 0 Å². The Hall–Kier alpha value is -0.0800. The summed E-state index contributed by atoms with van der Waals surface area (Å²) >= 11 is 0. The molecule has 2 aliphatic rings. The van der Waals surface area contributed by atoms with Gasteiger partial charge in [0.05, 0.1) is 0 Å². The summed E-state index contributed by atoms with van der Waals surface area (Å²) < 4.78 is 0. The average molecular weight is 224 g/mol. The summed E-state index contributed by atoms with van der Waals surface area (Å²) in [6.45, 7) is 10.6. The summed E-state index contributed by atoms with van der Waals surface area (Å²) in [5, 5.41) is 0. The summed E-state index contributed by atoms with van der Waals surface area (Å²) in [5.74, 6) is 2.47. The van der Waals surface area contributed by atoms with Crippen LogP contribution in [0.5, 0.6) is 0 Å². The Bertz CT molecular complexity index is 241. The van der Waals surface area contributed by atoms with Crippen LogP contribution < -0.4 is 5.73 Å². The molecule has 0 aromatic carbocycles. The zero-order chi connectivity index (χ0) is 11.8. The van der Waals surface area contributed by atoms with Gasteiger partial charge in [0.2, 0.25) is 0 Å². The van der Waals surface area contributed by atoms with Crippen LogP contribution in [0, 0.1) is 17.8 Å². The number of rotatable bonds is 2. The molecular weight excluding hydrogens is 196 g/mol. The minimum atomic E-state index is 0.322. The van der Waals surface area contributed by atoms with Crippen molar-refractivity contribution in [2.24, 2.45) is 23.5 Å². The van der Waals surface area contributed by atoms with Crippen LogP contribution in [0.15, 0.2) is 0 Å². The molecule has 0 aromatic rings. The maximum Gasteiger partial charge on any atom is 0.0359 e. The molecule has 16 heavy (non-hydrogen) atoms. The van der Waals surface area contributed by atoms with Crippen molar-refractivity contribution in [1.29, 1.82) is 0 Å². The van der Waals surface area contributed by atoms with E-state index < -0.39 is 0 Å². The van der Waals surface area contributed by atoms with Crippen molar-refractivity contribution in [1.82, 2.24) is 4.90 Å². The van der Waals surface area contributed by atoms with E-state index in [4.69, 9.17) is 5.73 Å². The quantitative estimate of drug-likeness (QED) is 0.781. The molecule has 2 rings (SSSR count). The van der Waals surface area contributed by atoms with Gasteiger partial charge < -0.3 is 5.73 Å². The van der Waals surface area contributed by atoms with Gasteiger partial charge in [0.1, 0.15) is 0 Å². The van der Waals surface area contributed by atoms with E-state index in [9.17, 15) is 0 Å². The number of nitrogens with two attached hydrogens (primary N) is 1. The molecular formula is C14H28N2. The van der Waals surface area contributed by atoms with Crippen LogP contribution >= 0.6 is 0 Å². The molecule has 1 saturated heterocycles. The second-order valence-corrected chi connectivity index (χ2v) is 6.31. The minimum Gasteiger partial charge on any atom is -0.329 e. The van der Waals surface area contributed by atoms with Crippen LogP contribution in [0.1, 0.15) is 46.5 Å². The molecule has 1 aliphatic carbocycles. The first-order valence-electron chi connectivity index (χ1n) is 7.05. The smallest absolute Gasteiger partial charge is 0.0359 e. The third-order valence-corrected chi connectivity index (χ3v) is 5.38. The van der Waals surface area contributed by atoms with Crippen LogP contribution in [0.2, 0.25) is 0 Å². The Kier molecular flexibility index (Phi) is 3.60. The van der Waals surface area contributed by atoms with E-state index in [1.807, 2.05) is 0 Å². The lowest BCUT2D eigenvalue weighted by Crippen LogP contribution is -2.60. The molecule has 0 amide bonds. The van der Waals surface area contributed by atoms with Crippen molar-refractivity contribution in [3.63, 3.8) is 0 Å². The Morgan fingerprint density at radius 1 is 1.25 bits per heavy atom. The van der Waals surface area contributed by atoms with E-state index in [1.54, 1.807) is 0 Å². The summed E-state index contributed by atoms with van der Waals surface area (Å²) in [7, 11) is 0. The predicted molar refractivity (Wildman–Crippen MR) is 69.3 cm³/mol. The molecule has 2 N–H and O–H groups in total. The van der Waals surface area contributed by atoms with Gasteiger partial charge in [-0.25, -0.2) is 0 Å². The first-order valence-corrected chi connectivity index (χ1v) is 7.05. The van der Waals surface area contributed by atoms with Gasteiger partial charge in [-0.2, -0.15) is 0 Å². The van der Waals surface area contributed by atoms with Crippen molar-refractivity contribution in [2.75, 3.05) is 19.6 Å². The second kappa shape index (κ2) is 4.66. The van der Waals surface area contributed by atoms with Gasteiger partial charge in [-0.15, -0.1) is 0 Å². The van der Waals surface area contributed by atoms with E-state index in [2.05, 4.69) is 25.7 Å². The predicted octanol–water partition coefficient (Wildman–Crippen LogP) is 2.48. The molecule has 2 fully saturated rings. The van der Waals surface area contributed by atoms with Gasteiger partial charge >= 0.3 is 0 Å². The van der Waals surface area contributed by atoms with Crippen LogP contribution in [0.4, 0.5) is 0 Å². The molecule has 1 saturated carbocycles. The average Bonchev–Trinajstić information content (AvgIpc) is 2.70. The first kappa shape index (κ1) is 12.4. The highest BCUT2D eigenvalue weighted by atomic mass is 15.2. The fourth-order valence-corrected chi connectivity index (χ4v) is 3.94. The summed E-state index contributed by atoms with van der Waals surface area (Å²) in [6.07, 6.45) is 5.45. The third kappa shape index (κ3) is 1.91. The maximum absolute atomic E-state index is 6.17. The Labute approximate surface area is 101 Å². The van der Waals surface area contributed by atoms with E-state index in [-0.39, 0.29) is 0 Å². The molecule has 0 bridgehead atoms. The summed E-state index contributed by atoms with van der Waals surface area (Å²) in [5.41, 5.74) is 6.50. The molecule has 0 aromatic heterocycles. The topological polar surface area (TPSA) is 29.3 Å². The van der Waals surface area contributed by atoms with E-state index in [0.29, 0.717) is 5.54 Å². The van der Waals surface area contributed by atoms with Gasteiger partial charge in [0.15, 0.2) is 0 Å². The van der Waals surface area contributed by atoms with Crippen LogP contribution in [-0.4, -0.2) is 30.1 Å². The molecule has 0 spiro atoms. The number of nitrogens with zero attached hydrogens (tertiary/aromatic N) is 1. The Morgan fingerprint density at radius 2 is 2.00 bits per heavy atom. The molecule has 4 unspecified atom stereocenters. The van der Waals surface area contributed by atoms with Crippen molar-refractivity contribution in [3.8, 4) is 0 Å². The SMILES string of the molecule is CC1CCN(C2(CN)CCCC(C)C2C)C1. The molecule has 1 aliphatic heterocycles. The van der Waals surface area contributed by atoms with Crippen LogP contribution in [-0.2, 0) is 0 Å². The van der Waals surface area contributed by atoms with E-state index >= 15 is 0 Å². The van der Waals surface area contributed by atoms with Crippen LogP contribution in [0.3, 0.4) is 0 Å². The van der Waals surface area contributed by atoms with Crippen LogP contribution in [0.25, 0.3) is 0 Å². The zero-order valence-corrected chi connectivity index (χ0v) is 11.2. The highest BCUT2D eigenvalue weighted by molar-refractivity contribution is 5.02. The van der Waals surface area contributed by atoms with E-state index in [0.717, 1.165) is 24.3 Å². The van der Waals surface area contributed by atoms with Gasteiger partial charge in [0.25, 0.3) is 0 Å². The van der Waals surface area contributed by atoms with Gasteiger partial charge in [0, 0.05) is 18.6 Å². The number of hydrogen-bond acceptors (Lipinski definition) is 2. The molecule has 0 radical (unpaired) electrons. The normalized spacial score (nSPS) is 46.1. The van der Waals surface area contributed by atoms with E-state index in [1.165, 1.54) is 38.8 Å². The molecule has 4 atom stereocenters. The minimum absolute atomic E-state index is 0.322. The molecule has 1 heterocycles. The molecule has 2 heteroatoms. The highest BCUT2D eigenvalue weighted by Crippen LogP contribution is 2.42. The lowest BCUT2D eigenvalue weighted by molar-refractivity contribution is 0.00282. The fourth-order valence-electron chi connectivity index (χ4n) is 3.94. The standard InChI is InChI=1S/C14H28N2/c1-11-6-8-16(9-11)14(10-15)7-4-5-12(2)13(14)3/h11-13H,4-10,15H2,1-3H3. The summed E-state index contributed by atoms with van der Waals surface area (Å²) in [4.78, 5) is 2.72. The third-order valence-electron chi connectivity index (χ3n) is 5.38. The Morgan fingerprint density at radius 3 is 2.56 bits per heavy atom. The van der Waals surface area contributed by atoms with Gasteiger partial charge in [-0.3, -0.25) is 4.90 Å². The van der Waals surface area contributed by atoms with Gasteiger partial charge in [-0.05, 0) is 37.1 Å². The molecule has 2 nitrogen and oxygen atoms in total. The number of likely N-dealkylation sites (tertiary alicyclic amines) is 1. The monoisotopic (exact) mass is 224 g/mol. The Balaban J connectivity index is 2.17. The highest BCUT2D eigenvalue weighted by Gasteiger charge is 2.46. The second-order valence-electron chi connectivity index (χ2n) is 6.31. The lowest BCUT2D eigenvalue weighted by atomic mass is 9.67. The van der Waals surface area contributed by atoms with Gasteiger partial charge in [-0.1, -0.05) is 33.6 Å². The fraction of sp³-hybridized carbons (Fsp3) is 1.00. The lowest BCUT2D eigenvalue weighted by Gasteiger charge is -2.51. The molecule has 94 valence electrons. The van der Waals surface area contributed by atoms with Crippen molar-refractivity contribution in [2.45, 2.75) is 52.0 Å². The maximum atomic E-state index is 6.17.